The van der Waals surface area contributed by atoms with Gasteiger partial charge in [-0.05, 0) is 83.4 Å². The Morgan fingerprint density at radius 1 is 1.19 bits per heavy atom. The second-order valence-corrected chi connectivity index (χ2v) is 10.4. The van der Waals surface area contributed by atoms with Crippen LogP contribution >= 0.6 is 0 Å². The summed E-state index contributed by atoms with van der Waals surface area (Å²) in [5.41, 5.74) is 3.60. The van der Waals surface area contributed by atoms with Gasteiger partial charge in [-0.25, -0.2) is 0 Å². The van der Waals surface area contributed by atoms with Crippen molar-refractivity contribution in [1.29, 1.82) is 0 Å². The minimum Gasteiger partial charge on any atom is -0.507 e. The lowest BCUT2D eigenvalue weighted by Gasteiger charge is -2.32. The number of carbonyl (C=O) groups excluding carboxylic acids is 1. The zero-order chi connectivity index (χ0) is 23.9. The normalized spacial score (nSPS) is 18.9. The van der Waals surface area contributed by atoms with Crippen molar-refractivity contribution in [3.05, 3.63) is 47.1 Å². The largest absolute Gasteiger partial charge is 0.507 e. The van der Waals surface area contributed by atoms with Crippen LogP contribution in [0, 0.1) is 11.3 Å². The van der Waals surface area contributed by atoms with Gasteiger partial charge in [0.25, 0.3) is 0 Å². The van der Waals surface area contributed by atoms with Crippen LogP contribution in [0.25, 0.3) is 0 Å². The molecule has 0 saturated carbocycles. The van der Waals surface area contributed by atoms with Crippen molar-refractivity contribution >= 4 is 5.97 Å². The van der Waals surface area contributed by atoms with Crippen LogP contribution in [0.15, 0.2) is 35.9 Å². The van der Waals surface area contributed by atoms with Gasteiger partial charge in [0, 0.05) is 11.5 Å². The Balaban J connectivity index is 2.51. The number of carbonyl (C=O) groups is 1. The molecule has 3 nitrogen and oxygen atoms in total. The van der Waals surface area contributed by atoms with E-state index in [0.29, 0.717) is 5.75 Å². The smallest absolute Gasteiger partial charge is 0.316 e. The second kappa shape index (κ2) is 11.7. The van der Waals surface area contributed by atoms with E-state index in [2.05, 4.69) is 40.3 Å². The van der Waals surface area contributed by atoms with Crippen LogP contribution in [-0.4, -0.2) is 11.1 Å². The highest BCUT2D eigenvalue weighted by atomic mass is 16.5. The van der Waals surface area contributed by atoms with Crippen LogP contribution in [0.2, 0.25) is 0 Å². The monoisotopic (exact) mass is 440 g/mol. The maximum atomic E-state index is 13.2. The molecule has 0 bridgehead atoms. The molecule has 2 rings (SSSR count). The van der Waals surface area contributed by atoms with Gasteiger partial charge in [-0.1, -0.05) is 63.3 Å². The van der Waals surface area contributed by atoms with Gasteiger partial charge in [0.15, 0.2) is 0 Å². The Kier molecular flexibility index (Phi) is 9.61. The zero-order valence-electron chi connectivity index (χ0n) is 21.2. The molecule has 0 aliphatic heterocycles. The third kappa shape index (κ3) is 6.73. The lowest BCUT2D eigenvalue weighted by molar-refractivity contribution is -0.144. The van der Waals surface area contributed by atoms with Crippen molar-refractivity contribution in [2.75, 3.05) is 0 Å². The van der Waals surface area contributed by atoms with E-state index in [1.54, 1.807) is 0 Å². The number of hydrogen-bond donors (Lipinski definition) is 1. The summed E-state index contributed by atoms with van der Waals surface area (Å²) >= 11 is 0. The van der Waals surface area contributed by atoms with E-state index in [4.69, 9.17) is 4.74 Å². The van der Waals surface area contributed by atoms with E-state index < -0.39 is 5.41 Å². The fraction of sp³-hybridized carbons (Fsp3) is 0.621. The molecule has 0 radical (unpaired) electrons. The number of allylic oxidation sites excluding steroid dienone is 3. The van der Waals surface area contributed by atoms with Gasteiger partial charge in [0.05, 0.1) is 5.41 Å². The Hall–Kier alpha value is -2.03. The average molecular weight is 441 g/mol. The average Bonchev–Trinajstić information content (AvgIpc) is 2.72. The summed E-state index contributed by atoms with van der Waals surface area (Å²) in [6.45, 7) is 16.6. The van der Waals surface area contributed by atoms with E-state index in [0.717, 1.165) is 74.5 Å². The van der Waals surface area contributed by atoms with Crippen molar-refractivity contribution < 1.29 is 14.6 Å². The topological polar surface area (TPSA) is 46.5 Å². The molecule has 2 atom stereocenters. The molecule has 178 valence electrons. The third-order valence-corrected chi connectivity index (χ3v) is 6.87. The number of phenolic OH excluding ortho intramolecular Hbond substituents is 1. The summed E-state index contributed by atoms with van der Waals surface area (Å²) < 4.78 is 6.09. The standard InChI is InChI=1S/C29H44O3/c1-8-10-12-13-22-18-25(30)27(24-17-21(5)14-15-23(24)20(3)4)26(19-22)32-28(31)29(6,7)16-11-9-2/h17-19,23-24,30H,3,8-16H2,1-2,4-7H3/t23-,24+/m0/s1. The minimum absolute atomic E-state index is 0.0347. The van der Waals surface area contributed by atoms with Gasteiger partial charge in [-0.2, -0.15) is 0 Å². The first-order valence-corrected chi connectivity index (χ1v) is 12.5. The van der Waals surface area contributed by atoms with Crippen LogP contribution in [-0.2, 0) is 11.2 Å². The molecule has 1 N–H and O–H groups in total. The van der Waals surface area contributed by atoms with Gasteiger partial charge in [0.2, 0.25) is 0 Å². The number of unbranched alkanes of at least 4 members (excludes halogenated alkanes) is 3. The fourth-order valence-corrected chi connectivity index (χ4v) is 4.68. The quantitative estimate of drug-likeness (QED) is 0.163. The summed E-state index contributed by atoms with van der Waals surface area (Å²) in [4.78, 5) is 13.2. The lowest BCUT2D eigenvalue weighted by Crippen LogP contribution is -2.29. The molecule has 32 heavy (non-hydrogen) atoms. The van der Waals surface area contributed by atoms with E-state index >= 15 is 0 Å². The van der Waals surface area contributed by atoms with Crippen molar-refractivity contribution in [1.82, 2.24) is 0 Å². The summed E-state index contributed by atoms with van der Waals surface area (Å²) in [5, 5.41) is 11.2. The van der Waals surface area contributed by atoms with Gasteiger partial charge in [0.1, 0.15) is 11.5 Å². The molecule has 0 amide bonds. The number of rotatable bonds is 11. The number of phenols is 1. The number of aryl methyl sites for hydroxylation is 1. The number of hydrogen-bond acceptors (Lipinski definition) is 3. The van der Waals surface area contributed by atoms with E-state index in [9.17, 15) is 9.90 Å². The predicted octanol–water partition coefficient (Wildman–Crippen LogP) is 8.26. The summed E-state index contributed by atoms with van der Waals surface area (Å²) in [7, 11) is 0. The Labute approximate surface area is 196 Å². The van der Waals surface area contributed by atoms with E-state index in [1.807, 2.05) is 26.0 Å². The Morgan fingerprint density at radius 2 is 1.88 bits per heavy atom. The van der Waals surface area contributed by atoms with Crippen molar-refractivity contribution in [2.24, 2.45) is 11.3 Å². The molecule has 1 aromatic carbocycles. The van der Waals surface area contributed by atoms with Crippen LogP contribution in [0.5, 0.6) is 11.5 Å². The molecule has 1 aliphatic rings. The summed E-state index contributed by atoms with van der Waals surface area (Å²) in [6.07, 6.45) is 11.3. The molecule has 1 aromatic rings. The highest BCUT2D eigenvalue weighted by Crippen LogP contribution is 2.47. The Morgan fingerprint density at radius 3 is 2.50 bits per heavy atom. The minimum atomic E-state index is -0.562. The third-order valence-electron chi connectivity index (χ3n) is 6.87. The molecular formula is C29H44O3. The van der Waals surface area contributed by atoms with Gasteiger partial charge in [-0.3, -0.25) is 4.79 Å². The maximum absolute atomic E-state index is 13.2. The first-order valence-electron chi connectivity index (χ1n) is 12.5. The zero-order valence-corrected chi connectivity index (χ0v) is 21.2. The first kappa shape index (κ1) is 26.2. The number of benzene rings is 1. The van der Waals surface area contributed by atoms with Crippen molar-refractivity contribution in [2.45, 2.75) is 105 Å². The van der Waals surface area contributed by atoms with E-state index in [1.165, 1.54) is 5.57 Å². The first-order chi connectivity index (χ1) is 15.1. The number of esters is 1. The van der Waals surface area contributed by atoms with Crippen LogP contribution in [0.4, 0.5) is 0 Å². The predicted molar refractivity (Wildman–Crippen MR) is 134 cm³/mol. The van der Waals surface area contributed by atoms with Crippen molar-refractivity contribution in [3.8, 4) is 11.5 Å². The van der Waals surface area contributed by atoms with Crippen molar-refractivity contribution in [3.63, 3.8) is 0 Å². The second-order valence-electron chi connectivity index (χ2n) is 10.4. The van der Waals surface area contributed by atoms with Crippen LogP contribution in [0.1, 0.15) is 110 Å². The van der Waals surface area contributed by atoms with Gasteiger partial charge >= 0.3 is 5.97 Å². The number of ether oxygens (including phenoxy) is 1. The number of aromatic hydroxyl groups is 1. The summed E-state index contributed by atoms with van der Waals surface area (Å²) in [5.74, 6) is 0.720. The highest BCUT2D eigenvalue weighted by Gasteiger charge is 2.34. The lowest BCUT2D eigenvalue weighted by atomic mass is 9.73. The molecule has 1 aliphatic carbocycles. The van der Waals surface area contributed by atoms with Crippen LogP contribution in [0.3, 0.4) is 0 Å². The fourth-order valence-electron chi connectivity index (χ4n) is 4.68. The molecule has 0 spiro atoms. The molecule has 0 saturated heterocycles. The molecule has 0 aromatic heterocycles. The molecule has 0 fully saturated rings. The Bertz CT molecular complexity index is 831. The van der Waals surface area contributed by atoms with E-state index in [-0.39, 0.29) is 23.6 Å². The molecule has 0 heterocycles. The van der Waals surface area contributed by atoms with Crippen LogP contribution < -0.4 is 4.74 Å². The van der Waals surface area contributed by atoms with Gasteiger partial charge in [-0.15, -0.1) is 0 Å². The highest BCUT2D eigenvalue weighted by molar-refractivity contribution is 5.79. The SMILES string of the molecule is C=C(C)[C@@H]1CCC(C)=C[C@H]1c1c(O)cc(CCCCC)cc1OC(=O)C(C)(C)CCCC. The molecular weight excluding hydrogens is 396 g/mol. The maximum Gasteiger partial charge on any atom is 0.316 e. The van der Waals surface area contributed by atoms with Gasteiger partial charge < -0.3 is 9.84 Å². The molecule has 0 unspecified atom stereocenters. The molecule has 3 heteroatoms. The summed E-state index contributed by atoms with van der Waals surface area (Å²) in [6, 6.07) is 3.86.